The topological polar surface area (TPSA) is 29.0 Å². The number of aryl methyl sites for hydroxylation is 1. The molecule has 1 aromatic heterocycles. The average molecular weight is 268 g/mol. The molecule has 3 nitrogen and oxygen atoms in total. The Hall–Kier alpha value is -1.13. The number of hydrogen-bond acceptors (Lipinski definition) is 4. The molecule has 1 aromatic carbocycles. The summed E-state index contributed by atoms with van der Waals surface area (Å²) in [6.07, 6.45) is 0. The minimum atomic E-state index is 0.500. The van der Waals surface area contributed by atoms with Crippen molar-refractivity contribution in [1.29, 1.82) is 0 Å². The van der Waals surface area contributed by atoms with Gasteiger partial charge in [-0.25, -0.2) is 0 Å². The lowest BCUT2D eigenvalue weighted by molar-refractivity contribution is 0.811. The van der Waals surface area contributed by atoms with Crippen molar-refractivity contribution < 1.29 is 0 Å². The molecule has 1 heterocycles. The maximum atomic E-state index is 5.78. The average Bonchev–Trinajstić information content (AvgIpc) is 2.73. The first-order valence-corrected chi connectivity index (χ1v) is 6.68. The van der Waals surface area contributed by atoms with Crippen molar-refractivity contribution in [3.63, 3.8) is 0 Å². The van der Waals surface area contributed by atoms with Crippen molar-refractivity contribution >= 4 is 28.6 Å². The van der Waals surface area contributed by atoms with Crippen LogP contribution in [0.5, 0.6) is 0 Å². The second kappa shape index (κ2) is 5.47. The first kappa shape index (κ1) is 12.3. The lowest BCUT2D eigenvalue weighted by Crippen LogP contribution is -2.21. The Labute approximate surface area is 110 Å². The standard InChI is InChI=1S/C12H14ClN3S/c1-3-16(8-11-14-15-12(13)17-11)10-6-4-9(2)5-7-10/h4-7H,3,8H2,1-2H3. The highest BCUT2D eigenvalue weighted by Gasteiger charge is 2.08. The van der Waals surface area contributed by atoms with Crippen LogP contribution in [0.2, 0.25) is 4.47 Å². The van der Waals surface area contributed by atoms with E-state index < -0.39 is 0 Å². The number of anilines is 1. The van der Waals surface area contributed by atoms with Crippen LogP contribution in [-0.4, -0.2) is 16.7 Å². The highest BCUT2D eigenvalue weighted by Crippen LogP contribution is 2.21. The molecule has 0 atom stereocenters. The molecule has 0 unspecified atom stereocenters. The second-order valence-corrected chi connectivity index (χ2v) is 5.44. The van der Waals surface area contributed by atoms with Gasteiger partial charge in [0, 0.05) is 12.2 Å². The van der Waals surface area contributed by atoms with Gasteiger partial charge in [-0.05, 0) is 37.6 Å². The predicted octanol–water partition coefficient (Wildman–Crippen LogP) is 3.53. The fraction of sp³-hybridized carbons (Fsp3) is 0.333. The van der Waals surface area contributed by atoms with Crippen LogP contribution < -0.4 is 4.90 Å². The Morgan fingerprint density at radius 3 is 2.47 bits per heavy atom. The normalized spacial score (nSPS) is 10.5. The Morgan fingerprint density at radius 1 is 1.24 bits per heavy atom. The molecule has 17 heavy (non-hydrogen) atoms. The zero-order valence-electron chi connectivity index (χ0n) is 9.85. The van der Waals surface area contributed by atoms with Gasteiger partial charge in [-0.3, -0.25) is 0 Å². The molecule has 0 amide bonds. The van der Waals surface area contributed by atoms with E-state index in [9.17, 15) is 0 Å². The Kier molecular flexibility index (Phi) is 3.97. The van der Waals surface area contributed by atoms with E-state index in [1.54, 1.807) is 0 Å². The van der Waals surface area contributed by atoms with E-state index in [1.165, 1.54) is 22.6 Å². The molecular weight excluding hydrogens is 254 g/mol. The monoisotopic (exact) mass is 267 g/mol. The van der Waals surface area contributed by atoms with E-state index in [0.29, 0.717) is 4.47 Å². The van der Waals surface area contributed by atoms with Crippen LogP contribution in [0.25, 0.3) is 0 Å². The summed E-state index contributed by atoms with van der Waals surface area (Å²) in [5.74, 6) is 0. The number of aromatic nitrogens is 2. The number of rotatable bonds is 4. The zero-order valence-corrected chi connectivity index (χ0v) is 11.4. The molecule has 2 rings (SSSR count). The first-order chi connectivity index (χ1) is 8.19. The fourth-order valence-electron chi connectivity index (χ4n) is 1.60. The second-order valence-electron chi connectivity index (χ2n) is 3.80. The van der Waals surface area contributed by atoms with E-state index in [0.717, 1.165) is 18.1 Å². The largest absolute Gasteiger partial charge is 0.365 e. The third-order valence-corrected chi connectivity index (χ3v) is 3.55. The van der Waals surface area contributed by atoms with Crippen LogP contribution >= 0.6 is 22.9 Å². The molecule has 90 valence electrons. The highest BCUT2D eigenvalue weighted by atomic mass is 35.5. The molecule has 0 aliphatic rings. The Bertz CT molecular complexity index is 481. The van der Waals surface area contributed by atoms with Crippen LogP contribution in [0, 0.1) is 6.92 Å². The molecule has 0 saturated carbocycles. The van der Waals surface area contributed by atoms with Crippen LogP contribution in [0.15, 0.2) is 24.3 Å². The van der Waals surface area contributed by atoms with Gasteiger partial charge in [-0.1, -0.05) is 29.0 Å². The zero-order chi connectivity index (χ0) is 12.3. The van der Waals surface area contributed by atoms with Crippen molar-refractivity contribution in [2.75, 3.05) is 11.4 Å². The van der Waals surface area contributed by atoms with Gasteiger partial charge in [0.2, 0.25) is 4.47 Å². The van der Waals surface area contributed by atoms with E-state index in [-0.39, 0.29) is 0 Å². The molecule has 0 N–H and O–H groups in total. The van der Waals surface area contributed by atoms with E-state index in [1.807, 2.05) is 0 Å². The molecule has 0 spiro atoms. The predicted molar refractivity (Wildman–Crippen MR) is 72.8 cm³/mol. The van der Waals surface area contributed by atoms with Crippen molar-refractivity contribution in [1.82, 2.24) is 10.2 Å². The summed E-state index contributed by atoms with van der Waals surface area (Å²) >= 11 is 7.21. The maximum Gasteiger partial charge on any atom is 0.207 e. The van der Waals surface area contributed by atoms with Crippen LogP contribution in [0.3, 0.4) is 0 Å². The van der Waals surface area contributed by atoms with Gasteiger partial charge in [0.15, 0.2) is 0 Å². The molecule has 0 saturated heterocycles. The SMILES string of the molecule is CCN(Cc1nnc(Cl)s1)c1ccc(C)cc1. The maximum absolute atomic E-state index is 5.78. The minimum absolute atomic E-state index is 0.500. The summed E-state index contributed by atoms with van der Waals surface area (Å²) in [7, 11) is 0. The number of halogens is 1. The summed E-state index contributed by atoms with van der Waals surface area (Å²) in [4.78, 5) is 2.25. The van der Waals surface area contributed by atoms with Crippen LogP contribution in [0.4, 0.5) is 5.69 Å². The molecule has 0 bridgehead atoms. The summed E-state index contributed by atoms with van der Waals surface area (Å²) in [5.41, 5.74) is 2.47. The molecule has 0 aliphatic heterocycles. The number of benzene rings is 1. The van der Waals surface area contributed by atoms with Crippen molar-refractivity contribution in [3.05, 3.63) is 39.3 Å². The van der Waals surface area contributed by atoms with Gasteiger partial charge in [0.1, 0.15) is 5.01 Å². The first-order valence-electron chi connectivity index (χ1n) is 5.48. The quantitative estimate of drug-likeness (QED) is 0.849. The van der Waals surface area contributed by atoms with Gasteiger partial charge >= 0.3 is 0 Å². The van der Waals surface area contributed by atoms with E-state index in [4.69, 9.17) is 11.6 Å². The lowest BCUT2D eigenvalue weighted by atomic mass is 10.2. The van der Waals surface area contributed by atoms with Gasteiger partial charge in [0.25, 0.3) is 0 Å². The molecule has 2 aromatic rings. The third-order valence-electron chi connectivity index (χ3n) is 2.55. The molecule has 0 aliphatic carbocycles. The van der Waals surface area contributed by atoms with Gasteiger partial charge in [0.05, 0.1) is 6.54 Å². The molecule has 0 radical (unpaired) electrons. The summed E-state index contributed by atoms with van der Waals surface area (Å²) in [6.45, 7) is 5.90. The molecule has 0 fully saturated rings. The van der Waals surface area contributed by atoms with Gasteiger partial charge in [-0.15, -0.1) is 10.2 Å². The summed E-state index contributed by atoms with van der Waals surface area (Å²) in [6, 6.07) is 8.49. The number of nitrogens with zero attached hydrogens (tertiary/aromatic N) is 3. The number of hydrogen-bond donors (Lipinski definition) is 0. The van der Waals surface area contributed by atoms with E-state index in [2.05, 4.69) is 53.2 Å². The third kappa shape index (κ3) is 3.17. The Balaban J connectivity index is 2.13. The molecular formula is C12H14ClN3S. The minimum Gasteiger partial charge on any atom is -0.365 e. The molecule has 5 heteroatoms. The van der Waals surface area contributed by atoms with Crippen LogP contribution in [-0.2, 0) is 6.54 Å². The van der Waals surface area contributed by atoms with E-state index >= 15 is 0 Å². The fourth-order valence-corrected chi connectivity index (χ4v) is 2.48. The van der Waals surface area contributed by atoms with Crippen LogP contribution in [0.1, 0.15) is 17.5 Å². The van der Waals surface area contributed by atoms with Crippen molar-refractivity contribution in [2.45, 2.75) is 20.4 Å². The lowest BCUT2D eigenvalue weighted by Gasteiger charge is -2.21. The van der Waals surface area contributed by atoms with Crippen molar-refractivity contribution in [2.24, 2.45) is 0 Å². The Morgan fingerprint density at radius 2 is 1.94 bits per heavy atom. The van der Waals surface area contributed by atoms with Gasteiger partial charge in [-0.2, -0.15) is 0 Å². The summed E-state index contributed by atoms with van der Waals surface area (Å²) in [5, 5.41) is 8.80. The smallest absolute Gasteiger partial charge is 0.207 e. The summed E-state index contributed by atoms with van der Waals surface area (Å²) < 4.78 is 0.500. The van der Waals surface area contributed by atoms with Gasteiger partial charge < -0.3 is 4.90 Å². The van der Waals surface area contributed by atoms with Crippen molar-refractivity contribution in [3.8, 4) is 0 Å². The highest BCUT2D eigenvalue weighted by molar-refractivity contribution is 7.15.